The van der Waals surface area contributed by atoms with Crippen LogP contribution in [-0.2, 0) is 11.4 Å². The van der Waals surface area contributed by atoms with E-state index in [1.54, 1.807) is 6.08 Å². The standard InChI is InChI=1S/C19H15BrINO3S/c1-11-3-5-12(6-4-11)10-25-17-14(20)7-13(8-15(17)21)9-16-18(23)22(2)19(24)26-16/h3-9H,10H2,1-2H3/b16-9-. The number of nitrogens with zero attached hydrogens (tertiary/aromatic N) is 1. The molecule has 0 bridgehead atoms. The first-order chi connectivity index (χ1) is 12.3. The Bertz CT molecular complexity index is 888. The molecule has 7 heteroatoms. The summed E-state index contributed by atoms with van der Waals surface area (Å²) in [5.74, 6) is 0.484. The minimum atomic E-state index is -0.272. The van der Waals surface area contributed by atoms with Crippen LogP contribution < -0.4 is 4.74 Å². The van der Waals surface area contributed by atoms with Crippen LogP contribution >= 0.6 is 50.3 Å². The Labute approximate surface area is 178 Å². The highest BCUT2D eigenvalue weighted by molar-refractivity contribution is 14.1. The van der Waals surface area contributed by atoms with Crippen molar-refractivity contribution in [1.82, 2.24) is 4.90 Å². The van der Waals surface area contributed by atoms with E-state index in [0.717, 1.165) is 41.6 Å². The summed E-state index contributed by atoms with van der Waals surface area (Å²) in [5.41, 5.74) is 3.15. The number of imide groups is 1. The topological polar surface area (TPSA) is 46.6 Å². The van der Waals surface area contributed by atoms with Gasteiger partial charge in [-0.1, -0.05) is 29.8 Å². The predicted octanol–water partition coefficient (Wildman–Crippen LogP) is 5.61. The fourth-order valence-electron chi connectivity index (χ4n) is 2.34. The Kier molecular flexibility index (Phi) is 6.09. The number of rotatable bonds is 4. The van der Waals surface area contributed by atoms with E-state index in [0.29, 0.717) is 11.5 Å². The number of hydrogen-bond acceptors (Lipinski definition) is 4. The Morgan fingerprint density at radius 2 is 1.92 bits per heavy atom. The monoisotopic (exact) mass is 543 g/mol. The van der Waals surface area contributed by atoms with Gasteiger partial charge in [0.2, 0.25) is 0 Å². The number of thioether (sulfide) groups is 1. The van der Waals surface area contributed by atoms with Crippen molar-refractivity contribution < 1.29 is 14.3 Å². The summed E-state index contributed by atoms with van der Waals surface area (Å²) in [6, 6.07) is 12.0. The lowest BCUT2D eigenvalue weighted by Gasteiger charge is -2.12. The quantitative estimate of drug-likeness (QED) is 0.371. The van der Waals surface area contributed by atoms with E-state index in [1.807, 2.05) is 24.3 Å². The third-order valence-corrected chi connectivity index (χ3v) is 6.16. The molecule has 1 aliphatic heterocycles. The van der Waals surface area contributed by atoms with E-state index >= 15 is 0 Å². The van der Waals surface area contributed by atoms with Gasteiger partial charge in [-0.2, -0.15) is 0 Å². The van der Waals surface area contributed by atoms with Crippen LogP contribution in [0, 0.1) is 10.5 Å². The largest absolute Gasteiger partial charge is 0.487 e. The molecule has 0 aromatic heterocycles. The molecular weight excluding hydrogens is 529 g/mol. The van der Waals surface area contributed by atoms with Gasteiger partial charge in [0.25, 0.3) is 11.1 Å². The van der Waals surface area contributed by atoms with E-state index < -0.39 is 0 Å². The summed E-state index contributed by atoms with van der Waals surface area (Å²) in [6.45, 7) is 2.53. The first kappa shape index (κ1) is 19.4. The Balaban J connectivity index is 1.79. The highest BCUT2D eigenvalue weighted by Crippen LogP contribution is 2.36. The fraction of sp³-hybridized carbons (Fsp3) is 0.158. The van der Waals surface area contributed by atoms with Gasteiger partial charge < -0.3 is 4.74 Å². The molecule has 4 nitrogen and oxygen atoms in total. The molecule has 26 heavy (non-hydrogen) atoms. The molecule has 1 aliphatic rings. The van der Waals surface area contributed by atoms with Gasteiger partial charge >= 0.3 is 0 Å². The van der Waals surface area contributed by atoms with Gasteiger partial charge in [0.15, 0.2) is 0 Å². The average molecular weight is 544 g/mol. The molecular formula is C19H15BrINO3S. The van der Waals surface area contributed by atoms with E-state index in [9.17, 15) is 9.59 Å². The smallest absolute Gasteiger partial charge is 0.293 e. The summed E-state index contributed by atoms with van der Waals surface area (Å²) in [5, 5.41) is -0.256. The van der Waals surface area contributed by atoms with Crippen LogP contribution in [0.15, 0.2) is 45.8 Å². The minimum absolute atomic E-state index is 0.256. The van der Waals surface area contributed by atoms with Crippen molar-refractivity contribution in [1.29, 1.82) is 0 Å². The van der Waals surface area contributed by atoms with Gasteiger partial charge in [-0.15, -0.1) is 0 Å². The lowest BCUT2D eigenvalue weighted by atomic mass is 10.1. The second kappa shape index (κ2) is 8.14. The molecule has 1 saturated heterocycles. The zero-order valence-corrected chi connectivity index (χ0v) is 18.6. The molecule has 0 unspecified atom stereocenters. The van der Waals surface area contributed by atoms with E-state index in [-0.39, 0.29) is 11.1 Å². The van der Waals surface area contributed by atoms with E-state index in [4.69, 9.17) is 4.74 Å². The van der Waals surface area contributed by atoms with Crippen molar-refractivity contribution >= 4 is 67.5 Å². The molecule has 0 atom stereocenters. The molecule has 0 spiro atoms. The molecule has 3 rings (SSSR count). The third kappa shape index (κ3) is 4.32. The van der Waals surface area contributed by atoms with Crippen LogP contribution in [0.2, 0.25) is 0 Å². The van der Waals surface area contributed by atoms with Crippen LogP contribution in [0.5, 0.6) is 5.75 Å². The minimum Gasteiger partial charge on any atom is -0.487 e. The number of amides is 2. The highest BCUT2D eigenvalue weighted by atomic mass is 127. The maximum Gasteiger partial charge on any atom is 0.293 e. The Morgan fingerprint density at radius 1 is 1.23 bits per heavy atom. The van der Waals surface area contributed by atoms with Gasteiger partial charge in [0.05, 0.1) is 12.9 Å². The number of likely N-dealkylation sites (N-methyl/N-ethyl adjacent to an activating group) is 1. The number of carbonyl (C=O) groups is 2. The van der Waals surface area contributed by atoms with Gasteiger partial charge in [-0.3, -0.25) is 14.5 Å². The van der Waals surface area contributed by atoms with Crippen LogP contribution in [0.4, 0.5) is 4.79 Å². The Hall–Kier alpha value is -1.32. The van der Waals surface area contributed by atoms with Gasteiger partial charge in [0.1, 0.15) is 12.4 Å². The SMILES string of the molecule is Cc1ccc(COc2c(Br)cc(/C=C3\SC(=O)N(C)C3=O)cc2I)cc1. The second-order valence-corrected chi connectivity index (χ2v) is 8.84. The van der Waals surface area contributed by atoms with E-state index in [1.165, 1.54) is 12.6 Å². The number of ether oxygens (including phenoxy) is 1. The molecule has 0 aliphatic carbocycles. The zero-order chi connectivity index (χ0) is 18.8. The molecule has 1 fully saturated rings. The number of halogens is 2. The highest BCUT2D eigenvalue weighted by Gasteiger charge is 2.31. The lowest BCUT2D eigenvalue weighted by Crippen LogP contribution is -2.22. The number of benzene rings is 2. The third-order valence-electron chi connectivity index (χ3n) is 3.81. The van der Waals surface area contributed by atoms with Gasteiger partial charge in [0, 0.05) is 7.05 Å². The van der Waals surface area contributed by atoms with Gasteiger partial charge in [-0.25, -0.2) is 0 Å². The summed E-state index contributed by atoms with van der Waals surface area (Å²) < 4.78 is 7.69. The van der Waals surface area contributed by atoms with Crippen LogP contribution in [0.25, 0.3) is 6.08 Å². The van der Waals surface area contributed by atoms with Crippen molar-refractivity contribution in [2.24, 2.45) is 0 Å². The Morgan fingerprint density at radius 3 is 2.50 bits per heavy atom. The first-order valence-corrected chi connectivity index (χ1v) is 10.4. The molecule has 1 heterocycles. The van der Waals surface area contributed by atoms with E-state index in [2.05, 4.69) is 57.6 Å². The van der Waals surface area contributed by atoms with Crippen LogP contribution in [0.1, 0.15) is 16.7 Å². The fourth-order valence-corrected chi connectivity index (χ4v) is 4.93. The van der Waals surface area contributed by atoms with Crippen LogP contribution in [0.3, 0.4) is 0 Å². The normalized spacial score (nSPS) is 15.8. The molecule has 0 saturated carbocycles. The summed E-state index contributed by atoms with van der Waals surface area (Å²) in [6.07, 6.45) is 1.73. The van der Waals surface area contributed by atoms with Crippen molar-refractivity contribution in [2.75, 3.05) is 7.05 Å². The molecule has 2 aromatic rings. The number of carbonyl (C=O) groups excluding carboxylic acids is 2. The number of aryl methyl sites for hydroxylation is 1. The summed E-state index contributed by atoms with van der Waals surface area (Å²) >= 11 is 6.70. The van der Waals surface area contributed by atoms with Crippen molar-refractivity contribution in [3.8, 4) is 5.75 Å². The van der Waals surface area contributed by atoms with Crippen molar-refractivity contribution in [3.63, 3.8) is 0 Å². The second-order valence-electron chi connectivity index (χ2n) is 5.83. The maximum atomic E-state index is 12.0. The summed E-state index contributed by atoms with van der Waals surface area (Å²) in [4.78, 5) is 25.2. The molecule has 2 aromatic carbocycles. The average Bonchev–Trinajstić information content (AvgIpc) is 2.83. The molecule has 134 valence electrons. The molecule has 2 amide bonds. The molecule has 0 radical (unpaired) electrons. The van der Waals surface area contributed by atoms with Gasteiger partial charge in [-0.05, 0) is 86.5 Å². The first-order valence-electron chi connectivity index (χ1n) is 7.74. The molecule has 0 N–H and O–H groups in total. The summed E-state index contributed by atoms with van der Waals surface area (Å²) in [7, 11) is 1.49. The maximum absolute atomic E-state index is 12.0. The zero-order valence-electron chi connectivity index (χ0n) is 14.1. The number of hydrogen-bond donors (Lipinski definition) is 0. The van der Waals surface area contributed by atoms with Crippen molar-refractivity contribution in [2.45, 2.75) is 13.5 Å². The predicted molar refractivity (Wildman–Crippen MR) is 116 cm³/mol. The van der Waals surface area contributed by atoms with Crippen molar-refractivity contribution in [3.05, 3.63) is 66.0 Å². The lowest BCUT2D eigenvalue weighted by molar-refractivity contribution is -0.121. The van der Waals surface area contributed by atoms with Crippen LogP contribution in [-0.4, -0.2) is 23.1 Å².